The number of halogens is 2. The maximum absolute atomic E-state index is 11.4. The van der Waals surface area contributed by atoms with Crippen molar-refractivity contribution in [1.82, 2.24) is 0 Å². The van der Waals surface area contributed by atoms with Crippen LogP contribution in [0.25, 0.3) is 0 Å². The van der Waals surface area contributed by atoms with E-state index in [0.29, 0.717) is 6.08 Å². The molecule has 7 heavy (non-hydrogen) atoms. The van der Waals surface area contributed by atoms with Crippen LogP contribution in [0, 0.1) is 0 Å². The molecule has 1 unspecified atom stereocenters. The van der Waals surface area contributed by atoms with E-state index in [4.69, 9.17) is 0 Å². The zero-order valence-electron chi connectivity index (χ0n) is 3.47. The Hall–Kier alpha value is -0.730. The third-order valence-electron chi connectivity index (χ3n) is 0.387. The summed E-state index contributed by atoms with van der Waals surface area (Å²) in [4.78, 5) is 9.30. The molecule has 0 heterocycles. The van der Waals surface area contributed by atoms with Gasteiger partial charge in [0.2, 0.25) is 0 Å². The average Bonchev–Trinajstić information content (AvgIpc) is 1.68. The van der Waals surface area contributed by atoms with E-state index in [0.717, 1.165) is 0 Å². The van der Waals surface area contributed by atoms with Gasteiger partial charge in [-0.2, -0.15) is 0 Å². The largest absolute Gasteiger partial charge is 0.300 e. The molecular weight excluding hydrogens is 102 g/mol. The van der Waals surface area contributed by atoms with E-state index < -0.39 is 6.17 Å². The average molecular weight is 106 g/mol. The summed E-state index contributed by atoms with van der Waals surface area (Å²) < 4.78 is 22.3. The van der Waals surface area contributed by atoms with Crippen molar-refractivity contribution in [3.05, 3.63) is 12.4 Å². The molecule has 0 aliphatic rings. The minimum absolute atomic E-state index is 0.000926. The van der Waals surface area contributed by atoms with E-state index in [9.17, 15) is 13.6 Å². The van der Waals surface area contributed by atoms with Gasteiger partial charge in [0, 0.05) is 0 Å². The van der Waals surface area contributed by atoms with Crippen LogP contribution in [0.3, 0.4) is 0 Å². The van der Waals surface area contributed by atoms with Crippen molar-refractivity contribution < 1.29 is 13.6 Å². The fourth-order valence-electron chi connectivity index (χ4n) is 0.115. The second-order valence-corrected chi connectivity index (χ2v) is 0.899. The number of carbonyl (C=O) groups is 1. The van der Waals surface area contributed by atoms with Crippen LogP contribution in [0.2, 0.25) is 0 Å². The van der Waals surface area contributed by atoms with Crippen LogP contribution < -0.4 is 0 Å². The van der Waals surface area contributed by atoms with Gasteiger partial charge in [0.1, 0.15) is 0 Å². The van der Waals surface area contributed by atoms with Gasteiger partial charge in [0.15, 0.2) is 12.5 Å². The van der Waals surface area contributed by atoms with Crippen LogP contribution >= 0.6 is 0 Å². The van der Waals surface area contributed by atoms with Crippen molar-refractivity contribution in [2.75, 3.05) is 0 Å². The fourth-order valence-corrected chi connectivity index (χ4v) is 0.115. The SMILES string of the molecule is O=CC(F)C=CF. The summed E-state index contributed by atoms with van der Waals surface area (Å²) in [7, 11) is 0. The number of rotatable bonds is 2. The molecule has 1 nitrogen and oxygen atoms in total. The van der Waals surface area contributed by atoms with Crippen LogP contribution in [0.1, 0.15) is 0 Å². The first-order valence-electron chi connectivity index (χ1n) is 1.67. The predicted octanol–water partition coefficient (Wildman–Crippen LogP) is 1.01. The smallest absolute Gasteiger partial charge is 0.176 e. The number of hydrogen-bond donors (Lipinski definition) is 0. The Bertz CT molecular complexity index is 79.8. The first-order chi connectivity index (χ1) is 3.31. The summed E-state index contributed by atoms with van der Waals surface area (Å²) in [6.45, 7) is 0. The highest BCUT2D eigenvalue weighted by Gasteiger charge is 1.93. The van der Waals surface area contributed by atoms with Gasteiger partial charge < -0.3 is 0 Å². The molecule has 0 spiro atoms. The van der Waals surface area contributed by atoms with Crippen LogP contribution in [0.5, 0.6) is 0 Å². The third kappa shape index (κ3) is 3.09. The maximum atomic E-state index is 11.4. The van der Waals surface area contributed by atoms with E-state index in [1.165, 1.54) is 0 Å². The molecule has 0 aliphatic carbocycles. The van der Waals surface area contributed by atoms with Gasteiger partial charge in [-0.25, -0.2) is 8.78 Å². The molecular formula is C4H4F2O. The summed E-state index contributed by atoms with van der Waals surface area (Å²) >= 11 is 0. The predicted molar refractivity (Wildman–Crippen MR) is 21.2 cm³/mol. The van der Waals surface area contributed by atoms with Crippen molar-refractivity contribution in [2.45, 2.75) is 6.17 Å². The molecule has 0 aliphatic heterocycles. The Morgan fingerprint density at radius 3 is 2.29 bits per heavy atom. The lowest BCUT2D eigenvalue weighted by atomic mass is 10.4. The Morgan fingerprint density at radius 2 is 2.14 bits per heavy atom. The molecule has 0 saturated heterocycles. The Labute approximate surface area is 39.6 Å². The van der Waals surface area contributed by atoms with Crippen LogP contribution in [-0.2, 0) is 4.79 Å². The lowest BCUT2D eigenvalue weighted by Gasteiger charge is -1.80. The van der Waals surface area contributed by atoms with Gasteiger partial charge >= 0.3 is 0 Å². The van der Waals surface area contributed by atoms with Crippen molar-refractivity contribution >= 4 is 6.29 Å². The third-order valence-corrected chi connectivity index (χ3v) is 0.387. The fraction of sp³-hybridized carbons (Fsp3) is 0.250. The van der Waals surface area contributed by atoms with Gasteiger partial charge in [0.05, 0.1) is 6.33 Å². The number of alkyl halides is 1. The molecule has 3 heteroatoms. The molecule has 0 bridgehead atoms. The second-order valence-electron chi connectivity index (χ2n) is 0.899. The van der Waals surface area contributed by atoms with Crippen LogP contribution in [0.15, 0.2) is 12.4 Å². The molecule has 0 radical (unpaired) electrons. The zero-order valence-corrected chi connectivity index (χ0v) is 3.47. The summed E-state index contributed by atoms with van der Waals surface area (Å²) in [5.74, 6) is 0. The molecule has 0 saturated carbocycles. The molecule has 0 N–H and O–H groups in total. The Kier molecular flexibility index (Phi) is 3.10. The first-order valence-corrected chi connectivity index (χ1v) is 1.67. The van der Waals surface area contributed by atoms with Gasteiger partial charge in [-0.3, -0.25) is 4.79 Å². The van der Waals surface area contributed by atoms with Crippen molar-refractivity contribution in [3.63, 3.8) is 0 Å². The van der Waals surface area contributed by atoms with Crippen LogP contribution in [-0.4, -0.2) is 12.5 Å². The van der Waals surface area contributed by atoms with Crippen molar-refractivity contribution in [1.29, 1.82) is 0 Å². The lowest BCUT2D eigenvalue weighted by Crippen LogP contribution is -1.92. The first kappa shape index (κ1) is 6.27. The van der Waals surface area contributed by atoms with Gasteiger partial charge in [-0.05, 0) is 6.08 Å². The summed E-state index contributed by atoms with van der Waals surface area (Å²) in [5, 5.41) is 0. The van der Waals surface area contributed by atoms with Crippen molar-refractivity contribution in [2.24, 2.45) is 0 Å². The standard InChI is InChI=1S/C4H4F2O/c5-2-1-4(6)3-7/h1-4H. The minimum atomic E-state index is -1.79. The number of allylic oxidation sites excluding steroid dienone is 1. The molecule has 40 valence electrons. The molecule has 0 fully saturated rings. The molecule has 0 amide bonds. The van der Waals surface area contributed by atoms with Gasteiger partial charge in [0.25, 0.3) is 0 Å². The lowest BCUT2D eigenvalue weighted by molar-refractivity contribution is -0.110. The van der Waals surface area contributed by atoms with E-state index in [2.05, 4.69) is 0 Å². The highest BCUT2D eigenvalue weighted by molar-refractivity contribution is 5.58. The van der Waals surface area contributed by atoms with Crippen LogP contribution in [0.4, 0.5) is 8.78 Å². The maximum Gasteiger partial charge on any atom is 0.176 e. The Morgan fingerprint density at radius 1 is 1.57 bits per heavy atom. The zero-order chi connectivity index (χ0) is 5.70. The molecule has 0 aromatic carbocycles. The number of hydrogen-bond acceptors (Lipinski definition) is 1. The molecule has 1 atom stereocenters. The summed E-state index contributed by atoms with van der Waals surface area (Å²) in [6.07, 6.45) is -1.26. The van der Waals surface area contributed by atoms with E-state index >= 15 is 0 Å². The van der Waals surface area contributed by atoms with E-state index in [1.807, 2.05) is 0 Å². The number of aldehydes is 1. The summed E-state index contributed by atoms with van der Waals surface area (Å²) in [5.41, 5.74) is 0. The number of carbonyl (C=O) groups excluding carboxylic acids is 1. The molecule has 0 aromatic rings. The quantitative estimate of drug-likeness (QED) is 0.480. The highest BCUT2D eigenvalue weighted by atomic mass is 19.1. The second kappa shape index (κ2) is 3.46. The Balaban J connectivity index is 3.35. The topological polar surface area (TPSA) is 17.1 Å². The molecule has 0 rings (SSSR count). The minimum Gasteiger partial charge on any atom is -0.300 e. The highest BCUT2D eigenvalue weighted by Crippen LogP contribution is 1.86. The van der Waals surface area contributed by atoms with Gasteiger partial charge in [-0.1, -0.05) is 0 Å². The van der Waals surface area contributed by atoms with Gasteiger partial charge in [-0.15, -0.1) is 0 Å². The van der Waals surface area contributed by atoms with Crippen molar-refractivity contribution in [3.8, 4) is 0 Å². The van der Waals surface area contributed by atoms with E-state index in [1.54, 1.807) is 0 Å². The normalized spacial score (nSPS) is 14.6. The molecule has 0 aromatic heterocycles. The monoisotopic (exact) mass is 106 g/mol. The summed E-state index contributed by atoms with van der Waals surface area (Å²) in [6, 6.07) is 0. The van der Waals surface area contributed by atoms with E-state index in [-0.39, 0.29) is 12.6 Å².